The maximum absolute atomic E-state index is 14.4. The fraction of sp³-hybridized carbons (Fsp3) is 0.200. The van der Waals surface area contributed by atoms with Crippen molar-refractivity contribution in [1.29, 1.82) is 0 Å². The number of nitrogens with zero attached hydrogens (tertiary/aromatic N) is 4. The lowest BCUT2D eigenvalue weighted by Crippen LogP contribution is -2.41. The number of esters is 1. The Morgan fingerprint density at radius 1 is 0.614 bits per heavy atom. The van der Waals surface area contributed by atoms with Crippen molar-refractivity contribution in [3.05, 3.63) is 258 Å². The predicted octanol–water partition coefficient (Wildman–Crippen LogP) is 11.9. The van der Waals surface area contributed by atoms with Gasteiger partial charge in [-0.25, -0.2) is 19.7 Å². The van der Waals surface area contributed by atoms with Crippen molar-refractivity contribution in [2.45, 2.75) is 48.7 Å². The molecular formula is C60H55N5O5. The molecule has 0 bridgehead atoms. The third kappa shape index (κ3) is 8.95. The summed E-state index contributed by atoms with van der Waals surface area (Å²) in [5, 5.41) is 3.92. The highest BCUT2D eigenvalue weighted by Crippen LogP contribution is 2.45. The van der Waals surface area contributed by atoms with Crippen LogP contribution < -0.4 is 10.1 Å². The number of carbonyl (C=O) groups excluding carboxylic acids is 1. The molecule has 4 atom stereocenters. The van der Waals surface area contributed by atoms with Gasteiger partial charge in [0.2, 0.25) is 0 Å². The highest BCUT2D eigenvalue weighted by atomic mass is 16.6. The zero-order valence-electron chi connectivity index (χ0n) is 39.3. The maximum Gasteiger partial charge on any atom is 0.340 e. The molecule has 0 spiro atoms. The van der Waals surface area contributed by atoms with Crippen molar-refractivity contribution in [2.24, 2.45) is 5.92 Å². The van der Waals surface area contributed by atoms with Gasteiger partial charge >= 0.3 is 5.97 Å². The number of methoxy groups -OCH3 is 2. The van der Waals surface area contributed by atoms with Gasteiger partial charge < -0.3 is 28.8 Å². The second-order valence-electron chi connectivity index (χ2n) is 17.7. The van der Waals surface area contributed by atoms with Crippen molar-refractivity contribution < 1.29 is 23.7 Å². The van der Waals surface area contributed by atoms with E-state index in [2.05, 4.69) is 82.7 Å². The zero-order valence-corrected chi connectivity index (χ0v) is 39.3. The molecule has 0 aliphatic heterocycles. The first-order chi connectivity index (χ1) is 34.5. The van der Waals surface area contributed by atoms with Crippen molar-refractivity contribution in [1.82, 2.24) is 19.5 Å². The van der Waals surface area contributed by atoms with Crippen LogP contribution in [-0.4, -0.2) is 52.4 Å². The van der Waals surface area contributed by atoms with E-state index in [1.54, 1.807) is 20.5 Å². The Bertz CT molecular complexity index is 2950. The minimum Gasteiger partial charge on any atom is -0.497 e. The molecule has 10 rings (SSSR count). The third-order valence-corrected chi connectivity index (χ3v) is 13.8. The van der Waals surface area contributed by atoms with Crippen LogP contribution in [0, 0.1) is 5.92 Å². The van der Waals surface area contributed by atoms with E-state index in [0.29, 0.717) is 36.4 Å². The normalized spacial score (nSPS) is 16.6. The van der Waals surface area contributed by atoms with Crippen molar-refractivity contribution in [3.8, 4) is 5.75 Å². The van der Waals surface area contributed by atoms with Gasteiger partial charge in [0.25, 0.3) is 0 Å². The quantitative estimate of drug-likeness (QED) is 0.0705. The van der Waals surface area contributed by atoms with E-state index in [1.807, 2.05) is 140 Å². The summed E-state index contributed by atoms with van der Waals surface area (Å²) in [5.74, 6) is 0.702. The van der Waals surface area contributed by atoms with Gasteiger partial charge in [0.05, 0.1) is 20.0 Å². The molecule has 0 amide bonds. The molecule has 2 heterocycles. The number of rotatable bonds is 17. The minimum absolute atomic E-state index is 0.128. The monoisotopic (exact) mass is 925 g/mol. The minimum atomic E-state index is -0.949. The third-order valence-electron chi connectivity index (χ3n) is 13.8. The molecule has 10 heteroatoms. The first-order valence-electron chi connectivity index (χ1n) is 23.8. The molecule has 0 radical (unpaired) electrons. The van der Waals surface area contributed by atoms with Gasteiger partial charge in [-0.2, -0.15) is 0 Å². The SMILES string of the molecule is COc1ccc(C(Nc2ncnc3c2ncn3[C@@H]2CC[C@H](COC(c3ccccc3)(c3ccccc3)c3ccccc3)[C@@H](OC(=O)[C@H](OC)c3ccccc3)C2)(c2ccccc2)c2ccccc2)cc1. The van der Waals surface area contributed by atoms with Crippen LogP contribution in [0.5, 0.6) is 5.75 Å². The Labute approximate surface area is 408 Å². The first kappa shape index (κ1) is 45.8. The number of hydrogen-bond acceptors (Lipinski definition) is 9. The molecule has 10 nitrogen and oxygen atoms in total. The summed E-state index contributed by atoms with van der Waals surface area (Å²) >= 11 is 0. The molecule has 9 aromatic rings. The Balaban J connectivity index is 1.02. The lowest BCUT2D eigenvalue weighted by Gasteiger charge is -2.41. The molecule has 7 aromatic carbocycles. The second kappa shape index (κ2) is 20.7. The summed E-state index contributed by atoms with van der Waals surface area (Å²) < 4.78 is 27.6. The average Bonchev–Trinajstić information content (AvgIpc) is 3.88. The molecule has 2 aromatic heterocycles. The van der Waals surface area contributed by atoms with Crippen molar-refractivity contribution >= 4 is 23.0 Å². The van der Waals surface area contributed by atoms with Crippen LogP contribution in [0.15, 0.2) is 219 Å². The van der Waals surface area contributed by atoms with Crippen LogP contribution in [0.3, 0.4) is 0 Å². The van der Waals surface area contributed by atoms with Crippen LogP contribution >= 0.6 is 0 Å². The molecule has 0 saturated heterocycles. The van der Waals surface area contributed by atoms with Gasteiger partial charge in [-0.1, -0.05) is 194 Å². The van der Waals surface area contributed by atoms with Gasteiger partial charge in [0.15, 0.2) is 17.6 Å². The number of anilines is 1. The summed E-state index contributed by atoms with van der Waals surface area (Å²) in [6.45, 7) is 0.305. The summed E-state index contributed by atoms with van der Waals surface area (Å²) in [4.78, 5) is 29.2. The number of imidazole rings is 1. The van der Waals surface area contributed by atoms with Crippen LogP contribution in [-0.2, 0) is 30.1 Å². The van der Waals surface area contributed by atoms with Gasteiger partial charge in [0.1, 0.15) is 34.8 Å². The lowest BCUT2D eigenvalue weighted by molar-refractivity contribution is -0.169. The fourth-order valence-electron chi connectivity index (χ4n) is 10.3. The summed E-state index contributed by atoms with van der Waals surface area (Å²) in [6.07, 6.45) is 3.91. The molecule has 1 fully saturated rings. The zero-order chi connectivity index (χ0) is 47.8. The van der Waals surface area contributed by atoms with Crippen LogP contribution in [0.25, 0.3) is 11.2 Å². The van der Waals surface area contributed by atoms with E-state index in [4.69, 9.17) is 33.9 Å². The van der Waals surface area contributed by atoms with E-state index in [9.17, 15) is 4.79 Å². The summed E-state index contributed by atoms with van der Waals surface area (Å²) in [6, 6.07) is 69.3. The largest absolute Gasteiger partial charge is 0.497 e. The Morgan fingerprint density at radius 3 is 1.63 bits per heavy atom. The first-order valence-corrected chi connectivity index (χ1v) is 23.8. The molecule has 1 saturated carbocycles. The average molecular weight is 926 g/mol. The lowest BCUT2D eigenvalue weighted by atomic mass is 9.77. The van der Waals surface area contributed by atoms with E-state index in [1.165, 1.54) is 0 Å². The van der Waals surface area contributed by atoms with E-state index in [-0.39, 0.29) is 12.0 Å². The number of aromatic nitrogens is 4. The number of ether oxygens (including phenoxy) is 4. The van der Waals surface area contributed by atoms with Crippen LogP contribution in [0.4, 0.5) is 5.82 Å². The van der Waals surface area contributed by atoms with Gasteiger partial charge in [-0.3, -0.25) is 0 Å². The molecule has 1 N–H and O–H groups in total. The summed E-state index contributed by atoms with van der Waals surface area (Å²) in [7, 11) is 3.21. The Morgan fingerprint density at radius 2 is 1.11 bits per heavy atom. The number of nitrogens with one attached hydrogen (secondary N) is 1. The van der Waals surface area contributed by atoms with Crippen molar-refractivity contribution in [3.63, 3.8) is 0 Å². The van der Waals surface area contributed by atoms with Gasteiger partial charge in [-0.05, 0) is 63.9 Å². The van der Waals surface area contributed by atoms with Crippen molar-refractivity contribution in [2.75, 3.05) is 26.1 Å². The molecular weight excluding hydrogens is 871 g/mol. The standard InChI is InChI=1S/C60H55N5O5/c1-67-52-37-34-47(35-38-52)59(45-23-11-4-12-24-45,46-25-13-5-14-26-46)64-56-54-57(62-41-61-56)65(42-63-54)51-36-33-44(53(39-51)70-58(66)55(68-2)43-21-9-3-10-22-43)40-69-60(48-27-15-6-16-28-48,49-29-17-7-18-30-49)50-31-19-8-20-32-50/h3-32,34-35,37-38,41-42,44,51,53,55H,33,36,39-40H2,1-2H3,(H,61,62,64)/t44-,51-,53+,55-/m1/s1. The fourth-order valence-corrected chi connectivity index (χ4v) is 10.3. The van der Waals surface area contributed by atoms with E-state index >= 15 is 0 Å². The molecule has 1 aliphatic rings. The molecule has 1 aliphatic carbocycles. The Hall–Kier alpha value is -7.92. The number of hydrogen-bond donors (Lipinski definition) is 1. The van der Waals surface area contributed by atoms with Gasteiger partial charge in [-0.15, -0.1) is 0 Å². The highest BCUT2D eigenvalue weighted by Gasteiger charge is 2.43. The maximum atomic E-state index is 14.4. The summed E-state index contributed by atoms with van der Waals surface area (Å²) in [5.41, 5.74) is 6.21. The number of carbonyl (C=O) groups is 1. The van der Waals surface area contributed by atoms with E-state index in [0.717, 1.165) is 51.1 Å². The molecule has 350 valence electrons. The highest BCUT2D eigenvalue weighted by molar-refractivity contribution is 5.84. The van der Waals surface area contributed by atoms with Crippen LogP contribution in [0.2, 0.25) is 0 Å². The number of benzene rings is 7. The second-order valence-corrected chi connectivity index (χ2v) is 17.7. The smallest absolute Gasteiger partial charge is 0.340 e. The topological polar surface area (TPSA) is 110 Å². The number of fused-ring (bicyclic) bond motifs is 1. The van der Waals surface area contributed by atoms with E-state index < -0.39 is 29.3 Å². The molecule has 0 unspecified atom stereocenters. The predicted molar refractivity (Wildman–Crippen MR) is 272 cm³/mol. The van der Waals surface area contributed by atoms with Crippen LogP contribution in [0.1, 0.15) is 70.4 Å². The van der Waals surface area contributed by atoms with Gasteiger partial charge in [0, 0.05) is 25.5 Å². The Kier molecular flexibility index (Phi) is 13.6. The molecule has 70 heavy (non-hydrogen) atoms.